The lowest BCUT2D eigenvalue weighted by Crippen LogP contribution is -2.43. The van der Waals surface area contributed by atoms with Crippen molar-refractivity contribution in [2.75, 3.05) is 11.1 Å². The van der Waals surface area contributed by atoms with E-state index in [1.54, 1.807) is 20.0 Å². The number of aromatic nitrogens is 1. The summed E-state index contributed by atoms with van der Waals surface area (Å²) in [6, 6.07) is 9.69. The lowest BCUT2D eigenvalue weighted by atomic mass is 10.1. The topological polar surface area (TPSA) is 59.1 Å². The van der Waals surface area contributed by atoms with Crippen LogP contribution in [0.3, 0.4) is 0 Å². The molecule has 1 amide bonds. The van der Waals surface area contributed by atoms with Gasteiger partial charge >= 0.3 is 0 Å². The van der Waals surface area contributed by atoms with Crippen molar-refractivity contribution in [3.8, 4) is 0 Å². The monoisotopic (exact) mass is 304 g/mol. The molecule has 0 spiro atoms. The van der Waals surface area contributed by atoms with E-state index in [9.17, 15) is 9.00 Å². The molecule has 0 radical (unpaired) electrons. The summed E-state index contributed by atoms with van der Waals surface area (Å²) in [7, 11) is -2.39. The maximum atomic E-state index is 12.6. The summed E-state index contributed by atoms with van der Waals surface area (Å²) in [6.07, 6.45) is 1.74. The first-order valence-corrected chi connectivity index (χ1v) is 9.06. The zero-order valence-electron chi connectivity index (χ0n) is 12.5. The van der Waals surface area contributed by atoms with Gasteiger partial charge in [-0.05, 0) is 25.3 Å². The van der Waals surface area contributed by atoms with Gasteiger partial charge in [0.05, 0.1) is 4.75 Å². The molecule has 0 aliphatic carbocycles. The average Bonchev–Trinajstić information content (AvgIpc) is 3.08. The number of thiol groups is 1. The number of benzene rings is 1. The van der Waals surface area contributed by atoms with Crippen molar-refractivity contribution in [2.24, 2.45) is 0 Å². The second-order valence-electron chi connectivity index (χ2n) is 6.26. The van der Waals surface area contributed by atoms with Crippen molar-refractivity contribution < 1.29 is 9.00 Å². The van der Waals surface area contributed by atoms with Crippen molar-refractivity contribution in [2.45, 2.75) is 30.8 Å². The highest BCUT2D eigenvalue weighted by molar-refractivity contribution is 8.12. The summed E-state index contributed by atoms with van der Waals surface area (Å²) in [5, 5.41) is 5.02. The number of carbonyl (C=O) groups is 1. The Morgan fingerprint density at radius 2 is 1.95 bits per heavy atom. The van der Waals surface area contributed by atoms with Crippen molar-refractivity contribution in [3.05, 3.63) is 36.5 Å². The van der Waals surface area contributed by atoms with Crippen LogP contribution in [0.1, 0.15) is 20.8 Å². The highest BCUT2D eigenvalue weighted by Gasteiger charge is 2.55. The zero-order valence-corrected chi connectivity index (χ0v) is 13.4. The van der Waals surface area contributed by atoms with E-state index in [0.29, 0.717) is 11.6 Å². The van der Waals surface area contributed by atoms with E-state index < -0.39 is 14.7 Å². The average molecular weight is 304 g/mol. The van der Waals surface area contributed by atoms with E-state index in [1.165, 1.54) is 0 Å². The molecule has 1 aliphatic rings. The number of nitrogens with zero attached hydrogens (tertiary/aromatic N) is 1. The predicted octanol–water partition coefficient (Wildman–Crippen LogP) is 2.37. The Balaban J connectivity index is 1.85. The predicted molar refractivity (Wildman–Crippen MR) is 88.3 cm³/mol. The van der Waals surface area contributed by atoms with Gasteiger partial charge < -0.3 is 5.32 Å². The number of nitrogens with one attached hydrogen (secondary N) is 1. The summed E-state index contributed by atoms with van der Waals surface area (Å²) < 4.78 is 11.8. The van der Waals surface area contributed by atoms with Crippen LogP contribution in [0.15, 0.2) is 36.5 Å². The number of hydrogen-bond donors (Lipinski definition) is 2. The van der Waals surface area contributed by atoms with Crippen LogP contribution < -0.4 is 5.32 Å². The first-order valence-electron chi connectivity index (χ1n) is 7.10. The van der Waals surface area contributed by atoms with E-state index in [4.69, 9.17) is 0 Å². The lowest BCUT2D eigenvalue weighted by molar-refractivity contribution is -0.117. The molecule has 1 aromatic carbocycles. The number of pyridine rings is 1. The Hall–Kier alpha value is -1.75. The van der Waals surface area contributed by atoms with Gasteiger partial charge in [-0.1, -0.05) is 41.1 Å². The summed E-state index contributed by atoms with van der Waals surface area (Å²) in [5.41, 5.74) is 0. The molecule has 1 aliphatic heterocycles. The lowest BCUT2D eigenvalue weighted by Gasteiger charge is -2.26. The number of fused-ring (bicyclic) bond motifs is 1. The van der Waals surface area contributed by atoms with Crippen molar-refractivity contribution >= 4 is 32.4 Å². The molecule has 3 rings (SSSR count). The van der Waals surface area contributed by atoms with Crippen LogP contribution in [-0.2, 0) is 14.7 Å². The van der Waals surface area contributed by atoms with E-state index in [1.807, 2.05) is 37.3 Å². The summed E-state index contributed by atoms with van der Waals surface area (Å²) >= 11 is 0. The van der Waals surface area contributed by atoms with Gasteiger partial charge in [-0.25, -0.2) is 4.98 Å². The van der Waals surface area contributed by atoms with Crippen LogP contribution in [0.2, 0.25) is 0 Å². The fourth-order valence-electron chi connectivity index (χ4n) is 2.72. The van der Waals surface area contributed by atoms with Gasteiger partial charge in [-0.3, -0.25) is 9.00 Å². The van der Waals surface area contributed by atoms with E-state index in [0.717, 1.165) is 10.8 Å². The number of hydrogen-bond acceptors (Lipinski definition) is 3. The Kier molecular flexibility index (Phi) is 3.13. The molecule has 1 unspecified atom stereocenters. The fraction of sp³-hybridized carbons (Fsp3) is 0.375. The standard InChI is InChI=1S/C16H20N2O2S/c1-11-10-21(11,20)16(2,3)15(19)18-14-8-12-6-4-5-7-13(12)9-17-14/h4-9,11,21H,10H2,1-3H3,(H,17,18,19). The van der Waals surface area contributed by atoms with Crippen LogP contribution in [0.5, 0.6) is 0 Å². The van der Waals surface area contributed by atoms with E-state index >= 15 is 0 Å². The van der Waals surface area contributed by atoms with Crippen LogP contribution in [0.25, 0.3) is 10.8 Å². The number of amides is 1. The first-order chi connectivity index (χ1) is 9.84. The quantitative estimate of drug-likeness (QED) is 0.676. The SMILES string of the molecule is CC1C[SH]1(=O)C(C)(C)C(=O)Nc1cc2ccccc2cn1. The molecule has 2 aromatic rings. The largest absolute Gasteiger partial charge is 0.309 e. The van der Waals surface area contributed by atoms with Gasteiger partial charge in [0, 0.05) is 22.6 Å². The van der Waals surface area contributed by atoms with Gasteiger partial charge in [0.1, 0.15) is 5.82 Å². The second-order valence-corrected chi connectivity index (χ2v) is 10.2. The molecule has 21 heavy (non-hydrogen) atoms. The van der Waals surface area contributed by atoms with Gasteiger partial charge in [-0.15, -0.1) is 0 Å². The molecular formula is C16H20N2O2S. The molecule has 2 heterocycles. The molecule has 1 N–H and O–H groups in total. The maximum Gasteiger partial charge on any atom is 0.241 e. The Morgan fingerprint density at radius 3 is 2.57 bits per heavy atom. The summed E-state index contributed by atoms with van der Waals surface area (Å²) in [5.74, 6) is 0.962. The summed E-state index contributed by atoms with van der Waals surface area (Å²) in [4.78, 5) is 16.7. The van der Waals surface area contributed by atoms with Gasteiger partial charge in [-0.2, -0.15) is 0 Å². The molecule has 0 saturated carbocycles. The van der Waals surface area contributed by atoms with E-state index in [2.05, 4.69) is 10.3 Å². The third kappa shape index (κ3) is 2.25. The van der Waals surface area contributed by atoms with Crippen molar-refractivity contribution in [1.82, 2.24) is 4.98 Å². The molecule has 1 fully saturated rings. The third-order valence-corrected chi connectivity index (χ3v) is 8.81. The van der Waals surface area contributed by atoms with Crippen LogP contribution in [0.4, 0.5) is 5.82 Å². The second kappa shape index (κ2) is 4.63. The number of carbonyl (C=O) groups excluding carboxylic acids is 1. The molecule has 112 valence electrons. The fourth-order valence-corrected chi connectivity index (χ4v) is 5.81. The molecule has 0 bridgehead atoms. The van der Waals surface area contributed by atoms with E-state index in [-0.39, 0.29) is 11.2 Å². The van der Waals surface area contributed by atoms with Crippen molar-refractivity contribution in [1.29, 1.82) is 0 Å². The molecule has 1 aromatic heterocycles. The van der Waals surface area contributed by atoms with Gasteiger partial charge in [0.2, 0.25) is 5.91 Å². The minimum Gasteiger partial charge on any atom is -0.309 e. The van der Waals surface area contributed by atoms with Crippen LogP contribution in [0, 0.1) is 0 Å². The minimum absolute atomic E-state index is 0.155. The van der Waals surface area contributed by atoms with Gasteiger partial charge in [0.15, 0.2) is 0 Å². The minimum atomic E-state index is -2.39. The first kappa shape index (κ1) is 14.2. The molecule has 4 nitrogen and oxygen atoms in total. The normalized spacial score (nSPS) is 21.8. The molecule has 1 atom stereocenters. The zero-order chi connectivity index (χ0) is 15.3. The highest BCUT2D eigenvalue weighted by atomic mass is 32.3. The maximum absolute atomic E-state index is 12.6. The molecular weight excluding hydrogens is 284 g/mol. The third-order valence-electron chi connectivity index (χ3n) is 4.49. The Bertz CT molecular complexity index is 770. The number of anilines is 1. The number of rotatable bonds is 3. The molecule has 5 heteroatoms. The molecule has 1 saturated heterocycles. The van der Waals surface area contributed by atoms with Crippen molar-refractivity contribution in [3.63, 3.8) is 0 Å². The highest BCUT2D eigenvalue weighted by Crippen LogP contribution is 2.42. The Labute approximate surface area is 125 Å². The van der Waals surface area contributed by atoms with Crippen LogP contribution in [-0.4, -0.2) is 30.8 Å². The Morgan fingerprint density at radius 1 is 1.33 bits per heavy atom. The van der Waals surface area contributed by atoms with Gasteiger partial charge in [0.25, 0.3) is 0 Å². The smallest absolute Gasteiger partial charge is 0.241 e. The van der Waals surface area contributed by atoms with Crippen LogP contribution >= 0.6 is 0 Å². The summed E-state index contributed by atoms with van der Waals surface area (Å²) in [6.45, 7) is 5.49.